The van der Waals surface area contributed by atoms with Gasteiger partial charge in [-0.05, 0) is 6.42 Å². The smallest absolute Gasteiger partial charge is 0.162 e. The minimum atomic E-state index is 0.106. The highest BCUT2D eigenvalue weighted by molar-refractivity contribution is 5.81. The molecular formula is C8H14O2. The van der Waals surface area contributed by atoms with Crippen molar-refractivity contribution < 1.29 is 9.53 Å². The van der Waals surface area contributed by atoms with E-state index in [9.17, 15) is 4.79 Å². The molecule has 0 aromatic carbocycles. The predicted octanol–water partition coefficient (Wildman–Crippen LogP) is 1.56. The zero-order valence-electron chi connectivity index (χ0n) is 6.64. The molecule has 0 bridgehead atoms. The highest BCUT2D eigenvalue weighted by Gasteiger charge is 2.01. The van der Waals surface area contributed by atoms with Gasteiger partial charge in [0.05, 0.1) is 0 Å². The molecule has 0 aliphatic rings. The molecule has 0 amide bonds. The van der Waals surface area contributed by atoms with Crippen LogP contribution in [0.1, 0.15) is 19.8 Å². The number of ether oxygens (including phenoxy) is 1. The summed E-state index contributed by atoms with van der Waals surface area (Å²) in [7, 11) is 1.52. The van der Waals surface area contributed by atoms with Gasteiger partial charge in [-0.15, -0.1) is 0 Å². The fourth-order valence-corrected chi connectivity index (χ4v) is 0.616. The fraction of sp³-hybridized carbons (Fsp3) is 0.625. The van der Waals surface area contributed by atoms with E-state index in [-0.39, 0.29) is 12.4 Å². The van der Waals surface area contributed by atoms with Gasteiger partial charge in [0, 0.05) is 13.5 Å². The average molecular weight is 142 g/mol. The van der Waals surface area contributed by atoms with Gasteiger partial charge in [0.25, 0.3) is 0 Å². The Balaban J connectivity index is 3.47. The van der Waals surface area contributed by atoms with Crippen LogP contribution in [0.2, 0.25) is 0 Å². The summed E-state index contributed by atoms with van der Waals surface area (Å²) in [5.41, 5.74) is 0.974. The molecule has 0 spiro atoms. The molecule has 10 heavy (non-hydrogen) atoms. The molecule has 0 N–H and O–H groups in total. The lowest BCUT2D eigenvalue weighted by Crippen LogP contribution is -2.06. The molecule has 0 atom stereocenters. The zero-order chi connectivity index (χ0) is 7.98. The first kappa shape index (κ1) is 9.37. The Morgan fingerprint density at radius 2 is 2.20 bits per heavy atom. The first-order valence-electron chi connectivity index (χ1n) is 3.38. The van der Waals surface area contributed by atoms with Crippen LogP contribution in [0.3, 0.4) is 0 Å². The van der Waals surface area contributed by atoms with Gasteiger partial charge in [0.15, 0.2) is 5.78 Å². The number of Topliss-reactive ketones (excluding diaryl/α,β-unsaturated/α-hetero) is 1. The molecule has 0 saturated heterocycles. The van der Waals surface area contributed by atoms with Gasteiger partial charge in [-0.2, -0.15) is 0 Å². The molecular weight excluding hydrogens is 128 g/mol. The number of methoxy groups -OCH3 is 1. The molecule has 2 nitrogen and oxygen atoms in total. The Kier molecular flexibility index (Phi) is 4.85. The van der Waals surface area contributed by atoms with Crippen molar-refractivity contribution in [2.24, 2.45) is 0 Å². The molecule has 0 aromatic rings. The van der Waals surface area contributed by atoms with Gasteiger partial charge >= 0.3 is 0 Å². The lowest BCUT2D eigenvalue weighted by Gasteiger charge is -1.99. The van der Waals surface area contributed by atoms with E-state index in [1.807, 2.05) is 6.92 Å². The standard InChI is InChI=1S/C8H14O2/c1-4-7(2)5-8(9)6-10-3/h2,4-6H2,1,3H3. The molecule has 0 saturated carbocycles. The van der Waals surface area contributed by atoms with Crippen LogP contribution in [0.15, 0.2) is 12.2 Å². The number of hydrogen-bond acceptors (Lipinski definition) is 2. The maximum Gasteiger partial charge on any atom is 0.162 e. The summed E-state index contributed by atoms with van der Waals surface area (Å²) in [6, 6.07) is 0. The Morgan fingerprint density at radius 1 is 1.60 bits per heavy atom. The van der Waals surface area contributed by atoms with Crippen LogP contribution >= 0.6 is 0 Å². The van der Waals surface area contributed by atoms with Crippen molar-refractivity contribution in [2.45, 2.75) is 19.8 Å². The van der Waals surface area contributed by atoms with Crippen LogP contribution in [-0.4, -0.2) is 19.5 Å². The highest BCUT2D eigenvalue weighted by atomic mass is 16.5. The molecule has 0 heterocycles. The quantitative estimate of drug-likeness (QED) is 0.544. The number of rotatable bonds is 5. The number of carbonyl (C=O) groups excluding carboxylic acids is 1. The Labute approximate surface area is 61.9 Å². The van der Waals surface area contributed by atoms with E-state index in [1.165, 1.54) is 7.11 Å². The van der Waals surface area contributed by atoms with Crippen molar-refractivity contribution in [1.29, 1.82) is 0 Å². The summed E-state index contributed by atoms with van der Waals surface area (Å²) in [4.78, 5) is 10.8. The van der Waals surface area contributed by atoms with Gasteiger partial charge in [-0.25, -0.2) is 0 Å². The predicted molar refractivity (Wildman–Crippen MR) is 40.9 cm³/mol. The lowest BCUT2D eigenvalue weighted by molar-refractivity contribution is -0.121. The van der Waals surface area contributed by atoms with Crippen molar-refractivity contribution in [3.05, 3.63) is 12.2 Å². The van der Waals surface area contributed by atoms with Crippen molar-refractivity contribution >= 4 is 5.78 Å². The fourth-order valence-electron chi connectivity index (χ4n) is 0.616. The molecule has 0 aliphatic heterocycles. The summed E-state index contributed by atoms with van der Waals surface area (Å²) >= 11 is 0. The average Bonchev–Trinajstić information content (AvgIpc) is 1.88. The second-order valence-corrected chi connectivity index (χ2v) is 2.25. The van der Waals surface area contributed by atoms with Crippen LogP contribution in [0.25, 0.3) is 0 Å². The van der Waals surface area contributed by atoms with E-state index >= 15 is 0 Å². The Morgan fingerprint density at radius 3 is 2.60 bits per heavy atom. The molecule has 0 radical (unpaired) electrons. The number of carbonyl (C=O) groups is 1. The van der Waals surface area contributed by atoms with Gasteiger partial charge in [0.2, 0.25) is 0 Å². The Bertz CT molecular complexity index is 127. The summed E-state index contributed by atoms with van der Waals surface area (Å²) in [6.45, 7) is 5.91. The molecule has 0 fully saturated rings. The monoisotopic (exact) mass is 142 g/mol. The van der Waals surface area contributed by atoms with E-state index in [0.29, 0.717) is 6.42 Å². The zero-order valence-corrected chi connectivity index (χ0v) is 6.64. The molecule has 58 valence electrons. The number of hydrogen-bond donors (Lipinski definition) is 0. The largest absolute Gasteiger partial charge is 0.377 e. The van der Waals surface area contributed by atoms with E-state index in [1.54, 1.807) is 0 Å². The summed E-state index contributed by atoms with van der Waals surface area (Å²) in [6.07, 6.45) is 1.33. The third-order valence-corrected chi connectivity index (χ3v) is 1.25. The lowest BCUT2D eigenvalue weighted by atomic mass is 10.1. The van der Waals surface area contributed by atoms with Crippen molar-refractivity contribution in [3.8, 4) is 0 Å². The van der Waals surface area contributed by atoms with Crippen LogP contribution in [-0.2, 0) is 9.53 Å². The molecule has 0 aromatic heterocycles. The molecule has 0 aliphatic carbocycles. The molecule has 2 heteroatoms. The van der Waals surface area contributed by atoms with E-state index in [0.717, 1.165) is 12.0 Å². The summed E-state index contributed by atoms with van der Waals surface area (Å²) in [5.74, 6) is 0.106. The van der Waals surface area contributed by atoms with Gasteiger partial charge in [-0.1, -0.05) is 19.1 Å². The van der Waals surface area contributed by atoms with Gasteiger partial charge in [-0.3, -0.25) is 4.79 Å². The number of ketones is 1. The third-order valence-electron chi connectivity index (χ3n) is 1.25. The van der Waals surface area contributed by atoms with Crippen molar-refractivity contribution in [1.82, 2.24) is 0 Å². The van der Waals surface area contributed by atoms with E-state index < -0.39 is 0 Å². The van der Waals surface area contributed by atoms with Crippen LogP contribution < -0.4 is 0 Å². The number of allylic oxidation sites excluding steroid dienone is 1. The Hall–Kier alpha value is -0.630. The van der Waals surface area contributed by atoms with E-state index in [2.05, 4.69) is 11.3 Å². The summed E-state index contributed by atoms with van der Waals surface area (Å²) in [5, 5.41) is 0. The van der Waals surface area contributed by atoms with Crippen LogP contribution in [0.4, 0.5) is 0 Å². The van der Waals surface area contributed by atoms with Crippen molar-refractivity contribution in [2.75, 3.05) is 13.7 Å². The topological polar surface area (TPSA) is 26.3 Å². The first-order valence-corrected chi connectivity index (χ1v) is 3.38. The van der Waals surface area contributed by atoms with Crippen molar-refractivity contribution in [3.63, 3.8) is 0 Å². The third kappa shape index (κ3) is 4.27. The molecule has 0 unspecified atom stereocenters. The van der Waals surface area contributed by atoms with Crippen LogP contribution in [0, 0.1) is 0 Å². The van der Waals surface area contributed by atoms with E-state index in [4.69, 9.17) is 0 Å². The van der Waals surface area contributed by atoms with Crippen LogP contribution in [0.5, 0.6) is 0 Å². The second kappa shape index (κ2) is 5.18. The SMILES string of the molecule is C=C(CC)CC(=O)COC. The second-order valence-electron chi connectivity index (χ2n) is 2.25. The van der Waals surface area contributed by atoms with Gasteiger partial charge in [0.1, 0.15) is 6.61 Å². The summed E-state index contributed by atoms with van der Waals surface area (Å²) < 4.78 is 4.66. The normalized spacial score (nSPS) is 9.40. The minimum Gasteiger partial charge on any atom is -0.377 e. The van der Waals surface area contributed by atoms with Gasteiger partial charge < -0.3 is 4.74 Å². The molecule has 0 rings (SSSR count). The maximum atomic E-state index is 10.8. The highest BCUT2D eigenvalue weighted by Crippen LogP contribution is 2.02. The minimum absolute atomic E-state index is 0.106. The maximum absolute atomic E-state index is 10.8. The first-order chi connectivity index (χ1) is 4.70.